The number of amides is 1. The van der Waals surface area contributed by atoms with Crippen LogP contribution in [0.4, 0.5) is 15.0 Å². The Balaban J connectivity index is 1.46. The second-order valence-electron chi connectivity index (χ2n) is 12.2. The van der Waals surface area contributed by atoms with Crippen molar-refractivity contribution in [2.24, 2.45) is 0 Å². The molecule has 0 saturated carbocycles. The number of benzene rings is 3. The molecule has 8 nitrogen and oxygen atoms in total. The summed E-state index contributed by atoms with van der Waals surface area (Å²) in [6.45, 7) is 8.95. The average Bonchev–Trinajstić information content (AvgIpc) is 3.00. The van der Waals surface area contributed by atoms with Gasteiger partial charge in [0.2, 0.25) is 0 Å². The number of nitrogens with one attached hydrogen (secondary N) is 1. The fourth-order valence-electron chi connectivity index (χ4n) is 5.30. The van der Waals surface area contributed by atoms with Crippen LogP contribution in [0.2, 0.25) is 0 Å². The molecule has 3 aromatic carbocycles. The molecule has 1 saturated heterocycles. The van der Waals surface area contributed by atoms with Gasteiger partial charge < -0.3 is 24.8 Å². The first kappa shape index (κ1) is 31.3. The Morgan fingerprint density at radius 2 is 1.78 bits per heavy atom. The molecule has 0 radical (unpaired) electrons. The predicted molar refractivity (Wildman–Crippen MR) is 172 cm³/mol. The van der Waals surface area contributed by atoms with Crippen LogP contribution in [-0.2, 0) is 11.3 Å². The summed E-state index contributed by atoms with van der Waals surface area (Å²) >= 11 is 0. The van der Waals surface area contributed by atoms with Gasteiger partial charge in [-0.05, 0) is 75.4 Å². The van der Waals surface area contributed by atoms with Crippen LogP contribution < -0.4 is 15.0 Å². The summed E-state index contributed by atoms with van der Waals surface area (Å²) in [4.78, 5) is 19.3. The lowest BCUT2D eigenvalue weighted by atomic mass is 9.96. The van der Waals surface area contributed by atoms with E-state index in [1.807, 2.05) is 87.2 Å². The van der Waals surface area contributed by atoms with Gasteiger partial charge in [0.05, 0.1) is 16.8 Å². The van der Waals surface area contributed by atoms with Crippen molar-refractivity contribution in [3.8, 4) is 40.0 Å². The van der Waals surface area contributed by atoms with E-state index in [0.717, 1.165) is 11.1 Å². The standard InChI is InChI=1S/C36H37FN4O4/c1-23-10-11-25(19-31(23)44-22-24-8-6-5-7-9-24)33-30(42)20-32(40-34(33)26-12-13-27(21-38)29(37)18-26)41-16-14-28(15-17-41)39-35(43)45-36(2,3)4/h5-13,18-20,28H,14-17,22H2,1-4H3,(H,39,43)(H,40,42). The summed E-state index contributed by atoms with van der Waals surface area (Å²) in [5.74, 6) is 0.486. The van der Waals surface area contributed by atoms with Gasteiger partial charge in [-0.15, -0.1) is 0 Å². The summed E-state index contributed by atoms with van der Waals surface area (Å²) in [6, 6.07) is 23.2. The highest BCUT2D eigenvalue weighted by Gasteiger charge is 2.26. The largest absolute Gasteiger partial charge is 0.507 e. The molecule has 4 aromatic rings. The number of pyridine rings is 1. The van der Waals surface area contributed by atoms with Crippen molar-refractivity contribution < 1.29 is 23.8 Å². The lowest BCUT2D eigenvalue weighted by Crippen LogP contribution is -2.46. The van der Waals surface area contributed by atoms with E-state index in [2.05, 4.69) is 5.32 Å². The average molecular weight is 609 g/mol. The van der Waals surface area contributed by atoms with E-state index in [1.165, 1.54) is 12.1 Å². The second-order valence-corrected chi connectivity index (χ2v) is 12.2. The Morgan fingerprint density at radius 3 is 2.44 bits per heavy atom. The summed E-state index contributed by atoms with van der Waals surface area (Å²) in [7, 11) is 0. The number of carbonyl (C=O) groups excluding carboxylic acids is 1. The molecule has 1 fully saturated rings. The van der Waals surface area contributed by atoms with Gasteiger partial charge in [-0.1, -0.05) is 48.5 Å². The second kappa shape index (κ2) is 13.3. The predicted octanol–water partition coefficient (Wildman–Crippen LogP) is 7.51. The Kier molecular flexibility index (Phi) is 9.24. The number of hydrogen-bond acceptors (Lipinski definition) is 7. The molecule has 232 valence electrons. The number of aryl methyl sites for hydroxylation is 1. The number of rotatable bonds is 7. The van der Waals surface area contributed by atoms with E-state index in [1.54, 1.807) is 12.1 Å². The number of alkyl carbamates (subject to hydrolysis) is 1. The minimum Gasteiger partial charge on any atom is -0.507 e. The fraction of sp³-hybridized carbons (Fsp3) is 0.306. The van der Waals surface area contributed by atoms with Crippen LogP contribution in [0.25, 0.3) is 22.4 Å². The fourth-order valence-corrected chi connectivity index (χ4v) is 5.30. The summed E-state index contributed by atoms with van der Waals surface area (Å²) < 4.78 is 26.4. The minimum absolute atomic E-state index is 0.0216. The molecule has 0 aliphatic carbocycles. The number of halogens is 1. The maximum Gasteiger partial charge on any atom is 0.407 e. The summed E-state index contributed by atoms with van der Waals surface area (Å²) in [5.41, 5.74) is 3.17. The van der Waals surface area contributed by atoms with Gasteiger partial charge in [0, 0.05) is 30.8 Å². The van der Waals surface area contributed by atoms with Crippen molar-refractivity contribution in [2.45, 2.75) is 58.8 Å². The molecule has 1 amide bonds. The molecule has 0 atom stereocenters. The SMILES string of the molecule is Cc1ccc(-c2c(O)cc(N3CCC(NC(=O)OC(C)(C)C)CC3)nc2-c2ccc(C#N)c(F)c2)cc1OCc1ccccc1. The van der Waals surface area contributed by atoms with Gasteiger partial charge in [0.1, 0.15) is 41.4 Å². The van der Waals surface area contributed by atoms with Crippen molar-refractivity contribution in [3.05, 3.63) is 95.3 Å². The molecule has 5 rings (SSSR count). The molecule has 1 aliphatic heterocycles. The van der Waals surface area contributed by atoms with Crippen LogP contribution in [0.3, 0.4) is 0 Å². The maximum atomic E-state index is 14.9. The monoisotopic (exact) mass is 608 g/mol. The van der Waals surface area contributed by atoms with Crippen molar-refractivity contribution in [2.75, 3.05) is 18.0 Å². The molecular formula is C36H37FN4O4. The number of carbonyl (C=O) groups is 1. The number of aromatic hydroxyl groups is 1. The Hall–Kier alpha value is -5.10. The van der Waals surface area contributed by atoms with E-state index >= 15 is 0 Å². The Labute approximate surface area is 263 Å². The van der Waals surface area contributed by atoms with E-state index in [9.17, 15) is 19.6 Å². The van der Waals surface area contributed by atoms with E-state index in [0.29, 0.717) is 66.5 Å². The number of nitriles is 1. The van der Waals surface area contributed by atoms with Crippen LogP contribution in [0.15, 0.2) is 72.8 Å². The van der Waals surface area contributed by atoms with Gasteiger partial charge in [-0.3, -0.25) is 0 Å². The number of aromatic nitrogens is 1. The number of hydrogen-bond donors (Lipinski definition) is 2. The number of anilines is 1. The Morgan fingerprint density at radius 1 is 1.07 bits per heavy atom. The minimum atomic E-state index is -0.669. The van der Waals surface area contributed by atoms with Gasteiger partial charge in [0.15, 0.2) is 0 Å². The molecule has 9 heteroatoms. The summed E-state index contributed by atoms with van der Waals surface area (Å²) in [5, 5.41) is 23.7. The van der Waals surface area contributed by atoms with Gasteiger partial charge >= 0.3 is 6.09 Å². The first-order chi connectivity index (χ1) is 21.5. The summed E-state index contributed by atoms with van der Waals surface area (Å²) in [6.07, 6.45) is 0.866. The lowest BCUT2D eigenvalue weighted by molar-refractivity contribution is 0.0497. The number of nitrogens with zero attached hydrogens (tertiary/aromatic N) is 3. The van der Waals surface area contributed by atoms with Crippen molar-refractivity contribution >= 4 is 11.9 Å². The van der Waals surface area contributed by atoms with Gasteiger partial charge in [-0.2, -0.15) is 5.26 Å². The van der Waals surface area contributed by atoms with Crippen LogP contribution in [0, 0.1) is 24.1 Å². The first-order valence-electron chi connectivity index (χ1n) is 15.0. The quantitative estimate of drug-likeness (QED) is 0.224. The molecule has 0 bridgehead atoms. The van der Waals surface area contributed by atoms with Crippen molar-refractivity contribution in [1.82, 2.24) is 10.3 Å². The van der Waals surface area contributed by atoms with E-state index < -0.39 is 17.5 Å². The molecule has 0 unspecified atom stereocenters. The molecular weight excluding hydrogens is 571 g/mol. The molecule has 1 aromatic heterocycles. The highest BCUT2D eigenvalue weighted by Crippen LogP contribution is 2.42. The lowest BCUT2D eigenvalue weighted by Gasteiger charge is -2.34. The molecule has 2 N–H and O–H groups in total. The Bertz CT molecular complexity index is 1720. The number of piperidine rings is 1. The first-order valence-corrected chi connectivity index (χ1v) is 15.0. The third-order valence-corrected chi connectivity index (χ3v) is 7.60. The third-order valence-electron chi connectivity index (χ3n) is 7.60. The topological polar surface area (TPSA) is 108 Å². The van der Waals surface area contributed by atoms with Crippen molar-refractivity contribution in [1.29, 1.82) is 5.26 Å². The number of ether oxygens (including phenoxy) is 2. The molecule has 45 heavy (non-hydrogen) atoms. The third kappa shape index (κ3) is 7.71. The van der Waals surface area contributed by atoms with E-state index in [4.69, 9.17) is 14.5 Å². The van der Waals surface area contributed by atoms with Gasteiger partial charge in [0.25, 0.3) is 0 Å². The van der Waals surface area contributed by atoms with Crippen LogP contribution >= 0.6 is 0 Å². The highest BCUT2D eigenvalue weighted by atomic mass is 19.1. The molecule has 1 aliphatic rings. The molecule has 2 heterocycles. The smallest absolute Gasteiger partial charge is 0.407 e. The highest BCUT2D eigenvalue weighted by molar-refractivity contribution is 5.87. The molecule has 0 spiro atoms. The normalized spacial score (nSPS) is 13.6. The van der Waals surface area contributed by atoms with Crippen LogP contribution in [0.1, 0.15) is 50.3 Å². The van der Waals surface area contributed by atoms with E-state index in [-0.39, 0.29) is 17.4 Å². The zero-order valence-electron chi connectivity index (χ0n) is 25.9. The van der Waals surface area contributed by atoms with Gasteiger partial charge in [-0.25, -0.2) is 14.2 Å². The zero-order chi connectivity index (χ0) is 32.1. The maximum absolute atomic E-state index is 14.9. The van der Waals surface area contributed by atoms with Crippen LogP contribution in [0.5, 0.6) is 11.5 Å². The van der Waals surface area contributed by atoms with Crippen molar-refractivity contribution in [3.63, 3.8) is 0 Å². The zero-order valence-corrected chi connectivity index (χ0v) is 25.9. The van der Waals surface area contributed by atoms with Crippen LogP contribution in [-0.4, -0.2) is 40.9 Å².